The zero-order chi connectivity index (χ0) is 12.1. The van der Waals surface area contributed by atoms with E-state index in [2.05, 4.69) is 0 Å². The van der Waals surface area contributed by atoms with Gasteiger partial charge in [0.05, 0.1) is 18.3 Å². The first-order chi connectivity index (χ1) is 7.54. The number of hydrogen-bond donors (Lipinski definition) is 0. The van der Waals surface area contributed by atoms with Gasteiger partial charge < -0.3 is 9.47 Å². The molecule has 0 bridgehead atoms. The topological polar surface area (TPSA) is 35.5 Å². The molecule has 0 saturated heterocycles. The van der Waals surface area contributed by atoms with E-state index in [1.807, 2.05) is 33.8 Å². The molecule has 0 aliphatic rings. The van der Waals surface area contributed by atoms with E-state index in [9.17, 15) is 4.79 Å². The molecule has 3 heteroatoms. The van der Waals surface area contributed by atoms with Crippen LogP contribution in [0.25, 0.3) is 0 Å². The minimum atomic E-state index is -0.282. The lowest BCUT2D eigenvalue weighted by molar-refractivity contribution is 0.0377. The third-order valence-corrected chi connectivity index (χ3v) is 2.07. The van der Waals surface area contributed by atoms with Crippen molar-refractivity contribution in [2.75, 3.05) is 6.61 Å². The van der Waals surface area contributed by atoms with Crippen molar-refractivity contribution in [1.82, 2.24) is 0 Å². The first kappa shape index (κ1) is 12.6. The van der Waals surface area contributed by atoms with Crippen LogP contribution >= 0.6 is 0 Å². The van der Waals surface area contributed by atoms with Gasteiger partial charge in [-0.2, -0.15) is 0 Å². The largest absolute Gasteiger partial charge is 0.494 e. The zero-order valence-corrected chi connectivity index (χ0v) is 10.2. The number of rotatable bonds is 4. The molecule has 16 heavy (non-hydrogen) atoms. The van der Waals surface area contributed by atoms with Gasteiger partial charge in [0.25, 0.3) is 0 Å². The fourth-order valence-electron chi connectivity index (χ4n) is 1.40. The number of ether oxygens (including phenoxy) is 2. The molecule has 1 aromatic rings. The molecule has 3 nitrogen and oxygen atoms in total. The first-order valence-electron chi connectivity index (χ1n) is 5.49. The number of aryl methyl sites for hydroxylation is 1. The number of esters is 1. The molecule has 1 rings (SSSR count). The number of hydrogen-bond acceptors (Lipinski definition) is 3. The maximum absolute atomic E-state index is 11.7. The van der Waals surface area contributed by atoms with E-state index >= 15 is 0 Å². The van der Waals surface area contributed by atoms with Gasteiger partial charge in [-0.25, -0.2) is 4.79 Å². The van der Waals surface area contributed by atoms with Gasteiger partial charge in [-0.1, -0.05) is 0 Å². The molecule has 0 spiro atoms. The molecule has 0 amide bonds. The Morgan fingerprint density at radius 2 is 2.06 bits per heavy atom. The molecule has 0 unspecified atom stereocenters. The van der Waals surface area contributed by atoms with Gasteiger partial charge >= 0.3 is 5.97 Å². The molecule has 0 aliphatic carbocycles. The van der Waals surface area contributed by atoms with Crippen LogP contribution in [0.5, 0.6) is 5.75 Å². The summed E-state index contributed by atoms with van der Waals surface area (Å²) in [6, 6.07) is 5.37. The lowest BCUT2D eigenvalue weighted by Gasteiger charge is -2.11. The van der Waals surface area contributed by atoms with E-state index in [4.69, 9.17) is 9.47 Å². The van der Waals surface area contributed by atoms with Gasteiger partial charge in [-0.05, 0) is 51.5 Å². The van der Waals surface area contributed by atoms with Crippen molar-refractivity contribution in [2.24, 2.45) is 0 Å². The predicted molar refractivity (Wildman–Crippen MR) is 62.9 cm³/mol. The van der Waals surface area contributed by atoms with Crippen LogP contribution in [0.3, 0.4) is 0 Å². The molecule has 88 valence electrons. The highest BCUT2D eigenvalue weighted by Gasteiger charge is 2.12. The summed E-state index contributed by atoms with van der Waals surface area (Å²) in [5.74, 6) is 0.497. The quantitative estimate of drug-likeness (QED) is 0.735. The average Bonchev–Trinajstić information content (AvgIpc) is 2.16. The van der Waals surface area contributed by atoms with Crippen molar-refractivity contribution in [3.05, 3.63) is 29.3 Å². The highest BCUT2D eigenvalue weighted by Crippen LogP contribution is 2.18. The first-order valence-corrected chi connectivity index (χ1v) is 5.49. The summed E-state index contributed by atoms with van der Waals surface area (Å²) in [4.78, 5) is 11.7. The summed E-state index contributed by atoms with van der Waals surface area (Å²) in [5, 5.41) is 0. The highest BCUT2D eigenvalue weighted by atomic mass is 16.5. The van der Waals surface area contributed by atoms with Crippen LogP contribution in [0.2, 0.25) is 0 Å². The summed E-state index contributed by atoms with van der Waals surface area (Å²) in [5.41, 5.74) is 1.47. The van der Waals surface area contributed by atoms with Crippen LogP contribution in [0, 0.1) is 6.92 Å². The lowest BCUT2D eigenvalue weighted by atomic mass is 10.1. The standard InChI is InChI=1S/C13H18O3/c1-5-15-11-6-7-12(10(4)8-11)13(14)16-9(2)3/h6-9H,5H2,1-4H3. The summed E-state index contributed by atoms with van der Waals surface area (Å²) < 4.78 is 10.5. The van der Waals surface area contributed by atoms with Crippen LogP contribution in [-0.4, -0.2) is 18.7 Å². The average molecular weight is 222 g/mol. The second-order valence-corrected chi connectivity index (χ2v) is 3.86. The highest BCUT2D eigenvalue weighted by molar-refractivity contribution is 5.91. The molecule has 0 aliphatic heterocycles. The Labute approximate surface area is 96.4 Å². The fraction of sp³-hybridized carbons (Fsp3) is 0.462. The zero-order valence-electron chi connectivity index (χ0n) is 10.2. The van der Waals surface area contributed by atoms with Gasteiger partial charge in [0.15, 0.2) is 0 Å². The third-order valence-electron chi connectivity index (χ3n) is 2.07. The van der Waals surface area contributed by atoms with E-state index < -0.39 is 0 Å². The van der Waals surface area contributed by atoms with Crippen molar-refractivity contribution in [1.29, 1.82) is 0 Å². The predicted octanol–water partition coefficient (Wildman–Crippen LogP) is 2.96. The lowest BCUT2D eigenvalue weighted by Crippen LogP contribution is -2.12. The Hall–Kier alpha value is -1.51. The molecule has 0 radical (unpaired) electrons. The van der Waals surface area contributed by atoms with E-state index in [1.54, 1.807) is 12.1 Å². The van der Waals surface area contributed by atoms with Crippen molar-refractivity contribution in [3.63, 3.8) is 0 Å². The smallest absolute Gasteiger partial charge is 0.338 e. The van der Waals surface area contributed by atoms with Crippen molar-refractivity contribution >= 4 is 5.97 Å². The second-order valence-electron chi connectivity index (χ2n) is 3.86. The molecular weight excluding hydrogens is 204 g/mol. The van der Waals surface area contributed by atoms with Crippen molar-refractivity contribution in [3.8, 4) is 5.75 Å². The Bertz CT molecular complexity index is 369. The van der Waals surface area contributed by atoms with Crippen LogP contribution in [-0.2, 0) is 4.74 Å². The Morgan fingerprint density at radius 1 is 1.38 bits per heavy atom. The van der Waals surface area contributed by atoms with Crippen LogP contribution in [0.15, 0.2) is 18.2 Å². The van der Waals surface area contributed by atoms with Gasteiger partial charge in [-0.15, -0.1) is 0 Å². The number of carbonyl (C=O) groups is 1. The fourth-order valence-corrected chi connectivity index (χ4v) is 1.40. The summed E-state index contributed by atoms with van der Waals surface area (Å²) in [6.07, 6.45) is -0.0986. The Kier molecular flexibility index (Phi) is 4.35. The molecular formula is C13H18O3. The SMILES string of the molecule is CCOc1ccc(C(=O)OC(C)C)c(C)c1. The Balaban J connectivity index is 2.86. The van der Waals surface area contributed by atoms with Gasteiger partial charge in [0.2, 0.25) is 0 Å². The van der Waals surface area contributed by atoms with Gasteiger partial charge in [-0.3, -0.25) is 0 Å². The molecule has 0 aromatic heterocycles. The van der Waals surface area contributed by atoms with E-state index in [-0.39, 0.29) is 12.1 Å². The molecule has 0 N–H and O–H groups in total. The molecule has 0 saturated carbocycles. The van der Waals surface area contributed by atoms with Crippen molar-refractivity contribution < 1.29 is 14.3 Å². The van der Waals surface area contributed by atoms with Crippen LogP contribution in [0.4, 0.5) is 0 Å². The maximum atomic E-state index is 11.7. The monoisotopic (exact) mass is 222 g/mol. The molecule has 0 fully saturated rings. The minimum Gasteiger partial charge on any atom is -0.494 e. The molecule has 0 heterocycles. The third kappa shape index (κ3) is 3.26. The molecule has 0 atom stereocenters. The number of carbonyl (C=O) groups excluding carboxylic acids is 1. The van der Waals surface area contributed by atoms with E-state index in [0.29, 0.717) is 12.2 Å². The summed E-state index contributed by atoms with van der Waals surface area (Å²) in [7, 11) is 0. The van der Waals surface area contributed by atoms with E-state index in [0.717, 1.165) is 11.3 Å². The van der Waals surface area contributed by atoms with Crippen LogP contribution < -0.4 is 4.74 Å². The van der Waals surface area contributed by atoms with Gasteiger partial charge in [0.1, 0.15) is 5.75 Å². The molecule has 1 aromatic carbocycles. The maximum Gasteiger partial charge on any atom is 0.338 e. The summed E-state index contributed by atoms with van der Waals surface area (Å²) in [6.45, 7) is 8.09. The normalized spacial score (nSPS) is 10.3. The minimum absolute atomic E-state index is 0.0986. The van der Waals surface area contributed by atoms with E-state index in [1.165, 1.54) is 0 Å². The Morgan fingerprint density at radius 3 is 2.56 bits per heavy atom. The van der Waals surface area contributed by atoms with Crippen molar-refractivity contribution in [2.45, 2.75) is 33.8 Å². The number of benzene rings is 1. The summed E-state index contributed by atoms with van der Waals surface area (Å²) >= 11 is 0. The second kappa shape index (κ2) is 5.54. The van der Waals surface area contributed by atoms with Gasteiger partial charge in [0, 0.05) is 0 Å². The van der Waals surface area contributed by atoms with Crippen LogP contribution in [0.1, 0.15) is 36.7 Å².